The van der Waals surface area contributed by atoms with E-state index in [1.165, 1.54) is 16.7 Å². The molecule has 15 heavy (non-hydrogen) atoms. The van der Waals surface area contributed by atoms with Gasteiger partial charge in [-0.1, -0.05) is 17.7 Å². The Balaban J connectivity index is 2.21. The van der Waals surface area contributed by atoms with Gasteiger partial charge in [0.15, 0.2) is 0 Å². The van der Waals surface area contributed by atoms with Gasteiger partial charge in [-0.2, -0.15) is 0 Å². The van der Waals surface area contributed by atoms with E-state index in [1.54, 1.807) is 0 Å². The highest BCUT2D eigenvalue weighted by molar-refractivity contribution is 5.44. The molecule has 0 radical (unpaired) electrons. The molecule has 0 nitrogen and oxygen atoms in total. The quantitative estimate of drug-likeness (QED) is 0.404. The van der Waals surface area contributed by atoms with Gasteiger partial charge < -0.3 is 0 Å². The second-order valence-electron chi connectivity index (χ2n) is 4.00. The van der Waals surface area contributed by atoms with Crippen LogP contribution in [0.25, 0.3) is 0 Å². The lowest BCUT2D eigenvalue weighted by atomic mass is 10.00. The molecule has 2 aliphatic carbocycles. The fraction of sp³-hybridized carbons (Fsp3) is 0.200. The topological polar surface area (TPSA) is 0 Å². The smallest absolute Gasteiger partial charge is 0.0756 e. The van der Waals surface area contributed by atoms with Crippen molar-refractivity contribution in [1.82, 2.24) is 0 Å². The van der Waals surface area contributed by atoms with Crippen LogP contribution in [-0.2, 0) is 0 Å². The van der Waals surface area contributed by atoms with Gasteiger partial charge in [0.2, 0.25) is 0 Å². The molecule has 0 fully saturated rings. The maximum Gasteiger partial charge on any atom is 0.147 e. The molecule has 0 aromatic heterocycles. The van der Waals surface area contributed by atoms with Gasteiger partial charge in [0.1, 0.15) is 5.57 Å². The molecule has 0 bridgehead atoms. The summed E-state index contributed by atoms with van der Waals surface area (Å²) >= 11 is 0. The monoisotopic (exact) mass is 195 g/mol. The first kappa shape index (κ1) is 9.89. The predicted molar refractivity (Wildman–Crippen MR) is 65.3 cm³/mol. The van der Waals surface area contributed by atoms with Gasteiger partial charge in [-0.15, -0.1) is 0 Å². The van der Waals surface area contributed by atoms with Crippen molar-refractivity contribution in [2.24, 2.45) is 0 Å². The molecule has 0 unspecified atom stereocenters. The van der Waals surface area contributed by atoms with Crippen LogP contribution in [0.4, 0.5) is 0 Å². The molecule has 0 aromatic rings. The van der Waals surface area contributed by atoms with Gasteiger partial charge in [0.05, 0.1) is 5.57 Å². The third-order valence-corrected chi connectivity index (χ3v) is 2.55. The third kappa shape index (κ3) is 2.65. The molecule has 2 rings (SSSR count). The molecule has 0 heterocycles. The van der Waals surface area contributed by atoms with Crippen LogP contribution in [0.15, 0.2) is 64.5 Å². The highest BCUT2D eigenvalue weighted by Gasteiger charge is 2.06. The molecule has 0 saturated heterocycles. The first-order chi connectivity index (χ1) is 7.24. The van der Waals surface area contributed by atoms with E-state index in [9.17, 15) is 0 Å². The van der Waals surface area contributed by atoms with Crippen LogP contribution >= 0.6 is 0 Å². The molecule has 0 aromatic carbocycles. The Hall–Kier alpha value is -1.65. The Kier molecular flexibility index (Phi) is 2.80. The van der Waals surface area contributed by atoms with Gasteiger partial charge in [-0.25, -0.2) is 0 Å². The number of rotatable bonds is 0. The van der Waals surface area contributed by atoms with E-state index in [1.807, 2.05) is 0 Å². The molecule has 0 heteroatoms. The number of hydrogen-bond donors (Lipinski definition) is 0. The summed E-state index contributed by atoms with van der Waals surface area (Å²) in [5.74, 6) is 0. The lowest BCUT2D eigenvalue weighted by Crippen LogP contribution is -1.87. The van der Waals surface area contributed by atoms with Crippen molar-refractivity contribution < 1.29 is 0 Å². The number of hydrogen-bond acceptors (Lipinski definition) is 0. The molecule has 0 spiro atoms. The summed E-state index contributed by atoms with van der Waals surface area (Å²) in [6.45, 7) is 4.22. The Bertz CT molecular complexity index is 404. The molecule has 0 aliphatic heterocycles. The molecular formula is C15H15+. The largest absolute Gasteiger partial charge is 0.147 e. The van der Waals surface area contributed by atoms with E-state index in [-0.39, 0.29) is 0 Å². The van der Waals surface area contributed by atoms with Gasteiger partial charge in [0.25, 0.3) is 0 Å². The Morgan fingerprint density at radius 1 is 1.07 bits per heavy atom. The first-order valence-electron chi connectivity index (χ1n) is 5.28. The van der Waals surface area contributed by atoms with Gasteiger partial charge in [0, 0.05) is 42.4 Å². The minimum atomic E-state index is 0.996. The maximum atomic E-state index is 3.41. The van der Waals surface area contributed by atoms with Crippen LogP contribution < -0.4 is 0 Å². The zero-order chi connectivity index (χ0) is 10.7. The summed E-state index contributed by atoms with van der Waals surface area (Å²) in [5.41, 5.74) is 8.46. The van der Waals surface area contributed by atoms with E-state index in [0.717, 1.165) is 12.0 Å². The van der Waals surface area contributed by atoms with E-state index in [2.05, 4.69) is 62.5 Å². The Morgan fingerprint density at radius 2 is 1.87 bits per heavy atom. The zero-order valence-corrected chi connectivity index (χ0v) is 9.25. The van der Waals surface area contributed by atoms with Crippen LogP contribution in [0, 0.1) is 6.42 Å². The van der Waals surface area contributed by atoms with Crippen molar-refractivity contribution in [2.45, 2.75) is 20.3 Å². The molecule has 0 N–H and O–H groups in total. The van der Waals surface area contributed by atoms with Gasteiger partial charge >= 0.3 is 0 Å². The lowest BCUT2D eigenvalue weighted by Gasteiger charge is -2.00. The fourth-order valence-electron chi connectivity index (χ4n) is 1.55. The average Bonchev–Trinajstić information content (AvgIpc) is 2.25. The molecular weight excluding hydrogens is 180 g/mol. The summed E-state index contributed by atoms with van der Waals surface area (Å²) in [7, 11) is 0. The summed E-state index contributed by atoms with van der Waals surface area (Å²) in [6.07, 6.45) is 16.0. The number of allylic oxidation sites excluding steroid dienone is 9. The summed E-state index contributed by atoms with van der Waals surface area (Å²) in [5, 5.41) is 0. The molecule has 74 valence electrons. The minimum Gasteiger partial charge on any atom is -0.0756 e. The predicted octanol–water partition coefficient (Wildman–Crippen LogP) is 4.06. The zero-order valence-electron chi connectivity index (χ0n) is 9.25. The van der Waals surface area contributed by atoms with Gasteiger partial charge in [-0.3, -0.25) is 0 Å². The summed E-state index contributed by atoms with van der Waals surface area (Å²) < 4.78 is 0. The van der Waals surface area contributed by atoms with E-state index in [0.29, 0.717) is 0 Å². The van der Waals surface area contributed by atoms with Crippen LogP contribution in [0.1, 0.15) is 20.3 Å². The SMILES string of the molecule is CC1=C[CH+]C(=C=C2C=CC(C)=CC2)C=C1. The maximum absolute atomic E-state index is 3.41. The highest BCUT2D eigenvalue weighted by atomic mass is 14.0. The lowest BCUT2D eigenvalue weighted by molar-refractivity contribution is 1.22. The molecule has 0 atom stereocenters. The second kappa shape index (κ2) is 4.25. The standard InChI is InChI=1S/C15H15/c1-12-3-7-14(8-4-12)11-15-9-5-13(2)6-10-15/h3-9H,10H2,1-2H3/q+1. The van der Waals surface area contributed by atoms with Crippen molar-refractivity contribution in [3.8, 4) is 0 Å². The van der Waals surface area contributed by atoms with E-state index >= 15 is 0 Å². The molecule has 2 aliphatic rings. The second-order valence-corrected chi connectivity index (χ2v) is 4.00. The van der Waals surface area contributed by atoms with Crippen LogP contribution in [0.3, 0.4) is 0 Å². The first-order valence-corrected chi connectivity index (χ1v) is 5.28. The third-order valence-electron chi connectivity index (χ3n) is 2.55. The van der Waals surface area contributed by atoms with Gasteiger partial charge in [-0.05, 0) is 19.9 Å². The van der Waals surface area contributed by atoms with Crippen molar-refractivity contribution in [1.29, 1.82) is 0 Å². The fourth-order valence-corrected chi connectivity index (χ4v) is 1.55. The van der Waals surface area contributed by atoms with Crippen LogP contribution in [-0.4, -0.2) is 0 Å². The van der Waals surface area contributed by atoms with E-state index in [4.69, 9.17) is 0 Å². The summed E-state index contributed by atoms with van der Waals surface area (Å²) in [4.78, 5) is 0. The normalized spacial score (nSPS) is 19.3. The minimum absolute atomic E-state index is 0.996. The van der Waals surface area contributed by atoms with Crippen molar-refractivity contribution in [3.05, 3.63) is 70.9 Å². The van der Waals surface area contributed by atoms with E-state index < -0.39 is 0 Å². The molecule has 0 saturated carbocycles. The van der Waals surface area contributed by atoms with Crippen LogP contribution in [0.5, 0.6) is 0 Å². The highest BCUT2D eigenvalue weighted by Crippen LogP contribution is 2.17. The Labute approximate surface area is 91.7 Å². The Morgan fingerprint density at radius 3 is 2.47 bits per heavy atom. The summed E-state index contributed by atoms with van der Waals surface area (Å²) in [6, 6.07) is 0. The van der Waals surface area contributed by atoms with Crippen molar-refractivity contribution >= 4 is 0 Å². The molecule has 0 amide bonds. The van der Waals surface area contributed by atoms with Crippen LogP contribution in [0.2, 0.25) is 0 Å². The van der Waals surface area contributed by atoms with Crippen molar-refractivity contribution in [2.75, 3.05) is 0 Å². The van der Waals surface area contributed by atoms with Crippen molar-refractivity contribution in [3.63, 3.8) is 0 Å². The average molecular weight is 195 g/mol.